The maximum Gasteiger partial charge on any atom is 0.217 e. The van der Waals surface area contributed by atoms with Crippen LogP contribution in [0.2, 0.25) is 0 Å². The maximum atomic E-state index is 6.15. The minimum absolute atomic E-state index is 0.0291. The van der Waals surface area contributed by atoms with Crippen LogP contribution in [0.1, 0.15) is 47.1 Å². The molecule has 0 saturated carbocycles. The summed E-state index contributed by atoms with van der Waals surface area (Å²) < 4.78 is 23.7. The monoisotopic (exact) mass is 397 g/mol. The molecule has 0 bridgehead atoms. The van der Waals surface area contributed by atoms with E-state index in [0.717, 1.165) is 28.2 Å². The molecule has 1 aliphatic heterocycles. The smallest absolute Gasteiger partial charge is 0.217 e. The fraction of sp³-hybridized carbons (Fsp3) is 0.458. The summed E-state index contributed by atoms with van der Waals surface area (Å²) in [5, 5.41) is 0. The molecule has 0 saturated heterocycles. The third kappa shape index (κ3) is 4.84. The Morgan fingerprint density at radius 3 is 2.24 bits per heavy atom. The van der Waals surface area contributed by atoms with Crippen molar-refractivity contribution in [2.24, 2.45) is 4.99 Å². The zero-order valence-electron chi connectivity index (χ0n) is 18.4. The van der Waals surface area contributed by atoms with Gasteiger partial charge in [-0.25, -0.2) is 4.99 Å². The molecule has 0 amide bonds. The molecule has 2 aromatic carbocycles. The molecule has 0 N–H and O–H groups in total. The Kier molecular flexibility index (Phi) is 6.06. The van der Waals surface area contributed by atoms with Crippen LogP contribution in [0.25, 0.3) is 11.1 Å². The molecule has 0 spiro atoms. The molecule has 0 aliphatic carbocycles. The minimum atomic E-state index is -0.249. The van der Waals surface area contributed by atoms with Crippen molar-refractivity contribution in [1.29, 1.82) is 0 Å². The molecule has 29 heavy (non-hydrogen) atoms. The summed E-state index contributed by atoms with van der Waals surface area (Å²) in [4.78, 5) is 4.78. The van der Waals surface area contributed by atoms with E-state index in [0.29, 0.717) is 18.3 Å². The van der Waals surface area contributed by atoms with Gasteiger partial charge in [-0.2, -0.15) is 0 Å². The summed E-state index contributed by atoms with van der Waals surface area (Å²) in [7, 11) is 1.66. The summed E-state index contributed by atoms with van der Waals surface area (Å²) >= 11 is 0. The Bertz CT molecular complexity index is 900. The van der Waals surface area contributed by atoms with Crippen molar-refractivity contribution in [3.63, 3.8) is 0 Å². The maximum absolute atomic E-state index is 6.15. The van der Waals surface area contributed by atoms with E-state index >= 15 is 0 Å². The van der Waals surface area contributed by atoms with E-state index < -0.39 is 0 Å². The van der Waals surface area contributed by atoms with E-state index in [2.05, 4.69) is 13.8 Å². The van der Waals surface area contributed by atoms with Gasteiger partial charge in [0.1, 0.15) is 23.9 Å². The van der Waals surface area contributed by atoms with Crippen molar-refractivity contribution in [2.45, 2.75) is 59.3 Å². The first-order valence-electron chi connectivity index (χ1n) is 10.1. The van der Waals surface area contributed by atoms with Crippen molar-refractivity contribution in [3.8, 4) is 28.4 Å². The second-order valence-corrected chi connectivity index (χ2v) is 8.39. The number of rotatable bonds is 7. The van der Waals surface area contributed by atoms with Crippen LogP contribution in [0.5, 0.6) is 17.2 Å². The van der Waals surface area contributed by atoms with Gasteiger partial charge in [0.25, 0.3) is 0 Å². The van der Waals surface area contributed by atoms with Crippen LogP contribution in [0.3, 0.4) is 0 Å². The minimum Gasteiger partial charge on any atom is -0.496 e. The molecule has 0 atom stereocenters. The van der Waals surface area contributed by atoms with Crippen LogP contribution in [-0.4, -0.2) is 37.4 Å². The first-order chi connectivity index (χ1) is 13.7. The lowest BCUT2D eigenvalue weighted by atomic mass is 9.97. The Morgan fingerprint density at radius 1 is 0.931 bits per heavy atom. The molecule has 0 aromatic heterocycles. The summed E-state index contributed by atoms with van der Waals surface area (Å²) in [6.07, 6.45) is 0.113. The predicted molar refractivity (Wildman–Crippen MR) is 117 cm³/mol. The number of nitrogens with zero attached hydrogens (tertiary/aromatic N) is 1. The van der Waals surface area contributed by atoms with Crippen LogP contribution in [0.15, 0.2) is 41.4 Å². The van der Waals surface area contributed by atoms with Crippen molar-refractivity contribution in [2.75, 3.05) is 13.7 Å². The van der Waals surface area contributed by atoms with E-state index in [1.165, 1.54) is 0 Å². The molecule has 2 aromatic rings. The van der Waals surface area contributed by atoms with Crippen LogP contribution >= 0.6 is 0 Å². The molecular formula is C24H31NO4. The summed E-state index contributed by atoms with van der Waals surface area (Å²) in [6.45, 7) is 12.7. The lowest BCUT2D eigenvalue weighted by Gasteiger charge is -2.20. The van der Waals surface area contributed by atoms with Crippen molar-refractivity contribution >= 4 is 5.90 Å². The SMILES string of the molecule is COc1cc(OC(C)C)ccc1-c1c(OC(C)C)cccc1C1=NC(C)(C)CO1. The fourth-order valence-electron chi connectivity index (χ4n) is 3.29. The predicted octanol–water partition coefficient (Wildman–Crippen LogP) is 5.49. The van der Waals surface area contributed by atoms with E-state index in [-0.39, 0.29) is 17.7 Å². The van der Waals surface area contributed by atoms with Gasteiger partial charge in [0, 0.05) is 22.8 Å². The zero-order valence-corrected chi connectivity index (χ0v) is 18.4. The van der Waals surface area contributed by atoms with Gasteiger partial charge < -0.3 is 18.9 Å². The highest BCUT2D eigenvalue weighted by atomic mass is 16.5. The molecule has 5 heteroatoms. The quantitative estimate of drug-likeness (QED) is 0.620. The molecule has 0 unspecified atom stereocenters. The molecule has 5 nitrogen and oxygen atoms in total. The number of aliphatic imine (C=N–C) groups is 1. The lowest BCUT2D eigenvalue weighted by molar-refractivity contribution is 0.240. The largest absolute Gasteiger partial charge is 0.496 e. The van der Waals surface area contributed by atoms with E-state index in [9.17, 15) is 0 Å². The van der Waals surface area contributed by atoms with Crippen LogP contribution < -0.4 is 14.2 Å². The van der Waals surface area contributed by atoms with Gasteiger partial charge in [-0.1, -0.05) is 6.07 Å². The fourth-order valence-corrected chi connectivity index (χ4v) is 3.29. The molecule has 1 heterocycles. The van der Waals surface area contributed by atoms with Gasteiger partial charge in [-0.05, 0) is 65.8 Å². The molecule has 3 rings (SSSR count). The summed E-state index contributed by atoms with van der Waals surface area (Å²) in [6, 6.07) is 11.8. The summed E-state index contributed by atoms with van der Waals surface area (Å²) in [5.41, 5.74) is 2.46. The van der Waals surface area contributed by atoms with Gasteiger partial charge >= 0.3 is 0 Å². The lowest BCUT2D eigenvalue weighted by Crippen LogP contribution is -2.17. The van der Waals surface area contributed by atoms with Crippen LogP contribution in [0, 0.1) is 0 Å². The average Bonchev–Trinajstić information content (AvgIpc) is 3.00. The molecule has 0 radical (unpaired) electrons. The highest BCUT2D eigenvalue weighted by Gasteiger charge is 2.30. The number of benzene rings is 2. The Morgan fingerprint density at radius 2 is 1.66 bits per heavy atom. The van der Waals surface area contributed by atoms with Crippen LogP contribution in [0.4, 0.5) is 0 Å². The number of methoxy groups -OCH3 is 1. The Hall–Kier alpha value is -2.69. The third-order valence-electron chi connectivity index (χ3n) is 4.40. The van der Waals surface area contributed by atoms with Crippen LogP contribution in [-0.2, 0) is 4.74 Å². The van der Waals surface area contributed by atoms with Gasteiger partial charge in [-0.3, -0.25) is 0 Å². The van der Waals surface area contributed by atoms with Crippen molar-refractivity contribution in [1.82, 2.24) is 0 Å². The van der Waals surface area contributed by atoms with Crippen molar-refractivity contribution in [3.05, 3.63) is 42.0 Å². The van der Waals surface area contributed by atoms with E-state index in [4.69, 9.17) is 23.9 Å². The summed E-state index contributed by atoms with van der Waals surface area (Å²) in [5.74, 6) is 2.87. The molecule has 156 valence electrons. The Labute approximate surface area is 173 Å². The molecular weight excluding hydrogens is 366 g/mol. The highest BCUT2D eigenvalue weighted by molar-refractivity contribution is 6.04. The second-order valence-electron chi connectivity index (χ2n) is 8.39. The van der Waals surface area contributed by atoms with Gasteiger partial charge in [-0.15, -0.1) is 0 Å². The van der Waals surface area contributed by atoms with Crippen molar-refractivity contribution < 1.29 is 18.9 Å². The molecule has 0 fully saturated rings. The molecule has 1 aliphatic rings. The standard InChI is InChI=1S/C24H31NO4/c1-15(2)28-17-11-12-18(21(13-17)26-7)22-19(23-25-24(5,6)14-27-23)9-8-10-20(22)29-16(3)4/h8-13,15-16H,14H2,1-7H3. The highest BCUT2D eigenvalue weighted by Crippen LogP contribution is 2.42. The number of ether oxygens (including phenoxy) is 4. The average molecular weight is 398 g/mol. The number of hydrogen-bond acceptors (Lipinski definition) is 5. The van der Waals surface area contributed by atoms with E-state index in [1.54, 1.807) is 7.11 Å². The van der Waals surface area contributed by atoms with Gasteiger partial charge in [0.05, 0.1) is 24.9 Å². The van der Waals surface area contributed by atoms with Gasteiger partial charge in [0.15, 0.2) is 0 Å². The van der Waals surface area contributed by atoms with E-state index in [1.807, 2.05) is 64.1 Å². The van der Waals surface area contributed by atoms with Gasteiger partial charge in [0.2, 0.25) is 5.90 Å². The third-order valence-corrected chi connectivity index (χ3v) is 4.40. The first-order valence-corrected chi connectivity index (χ1v) is 10.1. The Balaban J connectivity index is 2.19. The second kappa shape index (κ2) is 8.36. The normalized spacial score (nSPS) is 15.3. The first kappa shape index (κ1) is 21.0. The zero-order chi connectivity index (χ0) is 21.2. The number of hydrogen-bond donors (Lipinski definition) is 0. The topological polar surface area (TPSA) is 49.3 Å².